The number of fused-ring (bicyclic) bond motifs is 2. The van der Waals surface area contributed by atoms with Gasteiger partial charge >= 0.3 is 0 Å². The molecule has 1 unspecified atom stereocenters. The second-order valence-corrected chi connectivity index (χ2v) is 9.58. The molecule has 2 aromatic heterocycles. The van der Waals surface area contributed by atoms with E-state index in [2.05, 4.69) is 49.9 Å². The molecule has 5 rings (SSSR count). The van der Waals surface area contributed by atoms with Gasteiger partial charge in [0.2, 0.25) is 5.91 Å². The zero-order valence-electron chi connectivity index (χ0n) is 16.8. The number of allylic oxidation sites excluding steroid dienone is 1. The van der Waals surface area contributed by atoms with Crippen molar-refractivity contribution < 1.29 is 9.90 Å². The number of β-amino-alcohol motifs (C(OH)–C–C–N with tert-alkyl or cyclic N) is 1. The minimum absolute atomic E-state index is 0.0408. The third kappa shape index (κ3) is 3.46. The van der Waals surface area contributed by atoms with E-state index in [4.69, 9.17) is 0 Å². The lowest BCUT2D eigenvalue weighted by molar-refractivity contribution is -0.152. The molecule has 3 aliphatic rings. The molecule has 30 heavy (non-hydrogen) atoms. The Morgan fingerprint density at radius 3 is 3.00 bits per heavy atom. The van der Waals surface area contributed by atoms with Crippen molar-refractivity contribution in [3.63, 3.8) is 0 Å². The smallest absolute Gasteiger partial charge is 0.223 e. The quantitative estimate of drug-likeness (QED) is 0.666. The second kappa shape index (κ2) is 6.85. The highest BCUT2D eigenvalue weighted by Crippen LogP contribution is 2.32. The first-order chi connectivity index (χ1) is 14.3. The van der Waals surface area contributed by atoms with Crippen LogP contribution < -0.4 is 10.7 Å². The Morgan fingerprint density at radius 1 is 1.37 bits per heavy atom. The van der Waals surface area contributed by atoms with Gasteiger partial charge in [-0.15, -0.1) is 0 Å². The summed E-state index contributed by atoms with van der Waals surface area (Å²) in [6.45, 7) is 4.66. The molecule has 1 fully saturated rings. The predicted octanol–water partition coefficient (Wildman–Crippen LogP) is 1.59. The summed E-state index contributed by atoms with van der Waals surface area (Å²) in [5, 5.41) is 18.2. The molecule has 1 aliphatic carbocycles. The monoisotopic (exact) mass is 425 g/mol. The summed E-state index contributed by atoms with van der Waals surface area (Å²) in [6.07, 6.45) is 9.30. The van der Waals surface area contributed by atoms with Gasteiger partial charge in [0.1, 0.15) is 16.7 Å². The van der Waals surface area contributed by atoms with Crippen LogP contribution in [0.25, 0.3) is 10.3 Å². The van der Waals surface area contributed by atoms with Crippen LogP contribution >= 0.6 is 11.3 Å². The van der Waals surface area contributed by atoms with Crippen LogP contribution in [0.15, 0.2) is 34.9 Å². The largest absolute Gasteiger partial charge is 0.386 e. The molecule has 0 aromatic carbocycles. The molecule has 0 saturated carbocycles. The van der Waals surface area contributed by atoms with Crippen LogP contribution in [-0.4, -0.2) is 61.3 Å². The number of carbonyl (C=O) groups is 1. The van der Waals surface area contributed by atoms with Gasteiger partial charge in [-0.2, -0.15) is 5.10 Å². The van der Waals surface area contributed by atoms with Crippen LogP contribution in [0.1, 0.15) is 31.7 Å². The fourth-order valence-corrected chi connectivity index (χ4v) is 4.80. The number of thiazole rings is 1. The zero-order valence-corrected chi connectivity index (χ0v) is 17.7. The Labute approximate surface area is 177 Å². The van der Waals surface area contributed by atoms with Gasteiger partial charge in [0.15, 0.2) is 5.82 Å². The van der Waals surface area contributed by atoms with E-state index in [0.29, 0.717) is 37.3 Å². The van der Waals surface area contributed by atoms with Crippen molar-refractivity contribution >= 4 is 39.6 Å². The SMILES string of the molecule is CC1(O)CN(C(=O)CCc2nc3c(NC4=CCC5(C)NN=CC5=C4)ncnc3s2)C1. The van der Waals surface area contributed by atoms with Gasteiger partial charge in [0.25, 0.3) is 0 Å². The average molecular weight is 426 g/mol. The number of anilines is 1. The first-order valence-electron chi connectivity index (χ1n) is 9.92. The Hall–Kier alpha value is -2.85. The van der Waals surface area contributed by atoms with Crippen LogP contribution in [0.5, 0.6) is 0 Å². The molecule has 0 spiro atoms. The Balaban J connectivity index is 1.29. The standard InChI is InChI=1S/C20H23N7O2S/c1-19(29)9-27(10-19)15(28)4-3-14-25-16-17(21-11-22-18(16)30-14)24-13-5-6-20(2)12(7-13)8-23-26-20/h5,7-8,11,26,29H,3-4,6,9-10H2,1-2H3,(H,21,22,24). The zero-order chi connectivity index (χ0) is 20.9. The first-order valence-corrected chi connectivity index (χ1v) is 10.7. The summed E-state index contributed by atoms with van der Waals surface area (Å²) in [5.74, 6) is 0.696. The number of rotatable bonds is 5. The number of likely N-dealkylation sites (tertiary alicyclic amines) is 1. The Kier molecular flexibility index (Phi) is 4.37. The van der Waals surface area contributed by atoms with E-state index in [-0.39, 0.29) is 11.4 Å². The van der Waals surface area contributed by atoms with Crippen LogP contribution in [-0.2, 0) is 11.2 Å². The lowest BCUT2D eigenvalue weighted by atomic mass is 9.86. The van der Waals surface area contributed by atoms with Crippen molar-refractivity contribution in [3.05, 3.63) is 34.8 Å². The van der Waals surface area contributed by atoms with E-state index in [1.807, 2.05) is 6.21 Å². The summed E-state index contributed by atoms with van der Waals surface area (Å²) >= 11 is 1.48. The van der Waals surface area contributed by atoms with Gasteiger partial charge in [-0.3, -0.25) is 10.2 Å². The summed E-state index contributed by atoms with van der Waals surface area (Å²) in [4.78, 5) is 28.1. The van der Waals surface area contributed by atoms with Crippen LogP contribution in [0.2, 0.25) is 0 Å². The molecule has 1 saturated heterocycles. The van der Waals surface area contributed by atoms with Gasteiger partial charge in [-0.1, -0.05) is 17.4 Å². The summed E-state index contributed by atoms with van der Waals surface area (Å²) in [6, 6.07) is 0. The van der Waals surface area contributed by atoms with Crippen molar-refractivity contribution in [2.75, 3.05) is 18.4 Å². The van der Waals surface area contributed by atoms with Crippen LogP contribution in [0, 0.1) is 0 Å². The molecule has 4 heterocycles. The Bertz CT molecular complexity index is 1110. The maximum atomic E-state index is 12.3. The lowest BCUT2D eigenvalue weighted by Crippen LogP contribution is -2.61. The Morgan fingerprint density at radius 2 is 2.20 bits per heavy atom. The number of carbonyl (C=O) groups excluding carboxylic acids is 1. The predicted molar refractivity (Wildman–Crippen MR) is 115 cm³/mol. The third-order valence-electron chi connectivity index (χ3n) is 5.66. The van der Waals surface area contributed by atoms with E-state index in [1.54, 1.807) is 11.8 Å². The molecule has 3 N–H and O–H groups in total. The summed E-state index contributed by atoms with van der Waals surface area (Å²) < 4.78 is 0. The molecule has 1 atom stereocenters. The molecular formula is C20H23N7O2S. The van der Waals surface area contributed by atoms with Crippen molar-refractivity contribution in [2.24, 2.45) is 5.10 Å². The van der Waals surface area contributed by atoms with E-state index >= 15 is 0 Å². The van der Waals surface area contributed by atoms with Crippen molar-refractivity contribution in [1.29, 1.82) is 0 Å². The van der Waals surface area contributed by atoms with Gasteiger partial charge in [0.05, 0.1) is 35.5 Å². The molecule has 2 aromatic rings. The normalized spacial score (nSPS) is 24.0. The fourth-order valence-electron chi connectivity index (χ4n) is 3.90. The fraction of sp³-hybridized carbons (Fsp3) is 0.450. The lowest BCUT2D eigenvalue weighted by Gasteiger charge is -2.44. The topological polar surface area (TPSA) is 116 Å². The highest BCUT2D eigenvalue weighted by atomic mass is 32.1. The van der Waals surface area contributed by atoms with Crippen LogP contribution in [0.4, 0.5) is 5.82 Å². The maximum absolute atomic E-state index is 12.3. The van der Waals surface area contributed by atoms with E-state index < -0.39 is 5.60 Å². The number of aryl methyl sites for hydroxylation is 1. The van der Waals surface area contributed by atoms with Gasteiger partial charge in [0, 0.05) is 24.1 Å². The molecule has 2 aliphatic heterocycles. The van der Waals surface area contributed by atoms with E-state index in [0.717, 1.165) is 27.5 Å². The molecule has 0 bridgehead atoms. The number of amides is 1. The summed E-state index contributed by atoms with van der Waals surface area (Å²) in [7, 11) is 0. The molecule has 156 valence electrons. The minimum Gasteiger partial charge on any atom is -0.386 e. The van der Waals surface area contributed by atoms with Crippen molar-refractivity contribution in [2.45, 2.75) is 44.2 Å². The number of aromatic nitrogens is 3. The highest BCUT2D eigenvalue weighted by Gasteiger charge is 2.39. The maximum Gasteiger partial charge on any atom is 0.223 e. The van der Waals surface area contributed by atoms with Crippen molar-refractivity contribution in [1.82, 2.24) is 25.3 Å². The molecular weight excluding hydrogens is 402 g/mol. The van der Waals surface area contributed by atoms with Gasteiger partial charge in [-0.05, 0) is 26.3 Å². The van der Waals surface area contributed by atoms with Gasteiger partial charge < -0.3 is 15.3 Å². The second-order valence-electron chi connectivity index (χ2n) is 8.52. The first kappa shape index (κ1) is 19.1. The molecule has 9 nitrogen and oxygen atoms in total. The number of hydrazone groups is 1. The molecule has 0 radical (unpaired) electrons. The van der Waals surface area contributed by atoms with Crippen LogP contribution in [0.3, 0.4) is 0 Å². The van der Waals surface area contributed by atoms with Crippen molar-refractivity contribution in [3.8, 4) is 0 Å². The minimum atomic E-state index is -0.747. The average Bonchev–Trinajstić information content (AvgIpc) is 3.27. The number of hydrogen-bond acceptors (Lipinski definition) is 9. The summed E-state index contributed by atoms with van der Waals surface area (Å²) in [5.41, 5.74) is 5.04. The molecule has 1 amide bonds. The number of aliphatic hydroxyl groups is 1. The molecule has 10 heteroatoms. The third-order valence-corrected chi connectivity index (χ3v) is 6.69. The van der Waals surface area contributed by atoms with E-state index in [1.165, 1.54) is 17.7 Å². The van der Waals surface area contributed by atoms with Gasteiger partial charge in [-0.25, -0.2) is 15.0 Å². The highest BCUT2D eigenvalue weighted by molar-refractivity contribution is 7.18. The van der Waals surface area contributed by atoms with E-state index in [9.17, 15) is 9.90 Å². The number of nitrogens with zero attached hydrogens (tertiary/aromatic N) is 5. The number of nitrogens with one attached hydrogen (secondary N) is 2. The number of hydrogen-bond donors (Lipinski definition) is 3.